The van der Waals surface area contributed by atoms with E-state index in [1.54, 1.807) is 6.07 Å². The summed E-state index contributed by atoms with van der Waals surface area (Å²) in [6.07, 6.45) is 1.91. The van der Waals surface area contributed by atoms with Gasteiger partial charge in [-0.05, 0) is 19.4 Å². The molecule has 1 saturated heterocycles. The number of hydrogen-bond acceptors (Lipinski definition) is 5. The molecule has 0 radical (unpaired) electrons. The van der Waals surface area contributed by atoms with Crippen LogP contribution in [-0.4, -0.2) is 47.1 Å². The molecule has 3 heterocycles. The van der Waals surface area contributed by atoms with E-state index in [9.17, 15) is 13.2 Å². The highest BCUT2D eigenvalue weighted by atomic mass is 32.2. The lowest BCUT2D eigenvalue weighted by Gasteiger charge is -2.10. The minimum absolute atomic E-state index is 0.0130. The van der Waals surface area contributed by atoms with Crippen LogP contribution in [0.1, 0.15) is 22.5 Å². The number of aromatic amines is 1. The number of hydrogen-bond donors (Lipinski definition) is 2. The van der Waals surface area contributed by atoms with E-state index in [1.807, 2.05) is 6.92 Å². The first-order chi connectivity index (χ1) is 9.44. The van der Waals surface area contributed by atoms with E-state index >= 15 is 0 Å². The Balaban J connectivity index is 1.80. The van der Waals surface area contributed by atoms with Gasteiger partial charge in [0.1, 0.15) is 0 Å². The largest absolute Gasteiger partial charge is 0.348 e. The van der Waals surface area contributed by atoms with Crippen LogP contribution in [0.5, 0.6) is 0 Å². The van der Waals surface area contributed by atoms with E-state index < -0.39 is 9.84 Å². The Morgan fingerprint density at radius 1 is 1.50 bits per heavy atom. The summed E-state index contributed by atoms with van der Waals surface area (Å²) in [4.78, 5) is 16.2. The second-order valence-electron chi connectivity index (χ2n) is 5.02. The van der Waals surface area contributed by atoms with Crippen molar-refractivity contribution in [3.05, 3.63) is 23.5 Å². The Hall–Kier alpha value is -1.96. The van der Waals surface area contributed by atoms with Gasteiger partial charge in [0.15, 0.2) is 15.5 Å². The number of amides is 1. The number of nitrogens with zero attached hydrogens (tertiary/aromatic N) is 2. The third-order valence-electron chi connectivity index (χ3n) is 3.43. The molecule has 2 aromatic heterocycles. The van der Waals surface area contributed by atoms with Gasteiger partial charge < -0.3 is 5.32 Å². The predicted octanol–water partition coefficient (Wildman–Crippen LogP) is 0.183. The van der Waals surface area contributed by atoms with Gasteiger partial charge in [-0.2, -0.15) is 5.10 Å². The Labute approximate surface area is 115 Å². The van der Waals surface area contributed by atoms with Gasteiger partial charge >= 0.3 is 0 Å². The standard InChI is InChI=1S/C12H14N4O3S/c1-7-10-4-8(5-13-11(10)16-15-7)12(17)14-9-2-3-20(18,19)6-9/h4-5,9H,2-3,6H2,1H3,(H,14,17)(H,13,15,16). The van der Waals surface area contributed by atoms with Crippen molar-refractivity contribution in [2.24, 2.45) is 0 Å². The number of H-pyrrole nitrogens is 1. The summed E-state index contributed by atoms with van der Waals surface area (Å²) < 4.78 is 22.7. The van der Waals surface area contributed by atoms with E-state index in [4.69, 9.17) is 0 Å². The van der Waals surface area contributed by atoms with Gasteiger partial charge in [0.25, 0.3) is 5.91 Å². The smallest absolute Gasteiger partial charge is 0.253 e. The topological polar surface area (TPSA) is 105 Å². The van der Waals surface area contributed by atoms with Gasteiger partial charge in [-0.25, -0.2) is 13.4 Å². The Morgan fingerprint density at radius 3 is 3.00 bits per heavy atom. The molecule has 0 spiro atoms. The first kappa shape index (κ1) is 13.0. The molecule has 2 N–H and O–H groups in total. The van der Waals surface area contributed by atoms with Crippen molar-refractivity contribution in [3.8, 4) is 0 Å². The molecule has 1 amide bonds. The highest BCUT2D eigenvalue weighted by Crippen LogP contribution is 2.16. The molecule has 8 heteroatoms. The summed E-state index contributed by atoms with van der Waals surface area (Å²) in [5.74, 6) is -0.156. The molecule has 106 valence electrons. The van der Waals surface area contributed by atoms with Gasteiger partial charge in [0.2, 0.25) is 0 Å². The lowest BCUT2D eigenvalue weighted by atomic mass is 10.2. The second-order valence-corrected chi connectivity index (χ2v) is 7.25. The number of sulfone groups is 1. The molecule has 0 bridgehead atoms. The van der Waals surface area contributed by atoms with Crippen molar-refractivity contribution >= 4 is 26.8 Å². The fourth-order valence-corrected chi connectivity index (χ4v) is 3.99. The molecule has 0 aliphatic carbocycles. The van der Waals surface area contributed by atoms with Crippen LogP contribution in [0, 0.1) is 6.92 Å². The van der Waals surface area contributed by atoms with Crippen molar-refractivity contribution in [3.63, 3.8) is 0 Å². The zero-order chi connectivity index (χ0) is 14.3. The van der Waals surface area contributed by atoms with Crippen LogP contribution >= 0.6 is 0 Å². The van der Waals surface area contributed by atoms with Crippen LogP contribution in [0.4, 0.5) is 0 Å². The molecule has 3 rings (SSSR count). The third-order valence-corrected chi connectivity index (χ3v) is 5.20. The fraction of sp³-hybridized carbons (Fsp3) is 0.417. The predicted molar refractivity (Wildman–Crippen MR) is 73.2 cm³/mol. The number of carbonyl (C=O) groups excluding carboxylic acids is 1. The number of rotatable bonds is 2. The first-order valence-corrected chi connectivity index (χ1v) is 8.09. The van der Waals surface area contributed by atoms with Crippen molar-refractivity contribution in [2.75, 3.05) is 11.5 Å². The van der Waals surface area contributed by atoms with Crippen LogP contribution in [0.3, 0.4) is 0 Å². The lowest BCUT2D eigenvalue weighted by molar-refractivity contribution is 0.0941. The monoisotopic (exact) mass is 294 g/mol. The molecule has 2 aromatic rings. The summed E-state index contributed by atoms with van der Waals surface area (Å²) in [5, 5.41) is 10.3. The van der Waals surface area contributed by atoms with Gasteiger partial charge in [-0.3, -0.25) is 9.89 Å². The number of nitrogens with one attached hydrogen (secondary N) is 2. The maximum atomic E-state index is 12.1. The molecule has 1 fully saturated rings. The van der Waals surface area contributed by atoms with E-state index in [-0.39, 0.29) is 23.5 Å². The molecule has 1 aliphatic heterocycles. The van der Waals surface area contributed by atoms with Crippen LogP contribution in [0.25, 0.3) is 11.0 Å². The van der Waals surface area contributed by atoms with Crippen molar-refractivity contribution in [1.82, 2.24) is 20.5 Å². The second kappa shape index (κ2) is 4.55. The summed E-state index contributed by atoms with van der Waals surface area (Å²) in [6, 6.07) is 1.40. The van der Waals surface area contributed by atoms with Gasteiger partial charge in [0.05, 0.1) is 17.1 Å². The molecule has 1 aliphatic rings. The maximum absolute atomic E-state index is 12.1. The Kier molecular flexibility index (Phi) is 2.97. The maximum Gasteiger partial charge on any atom is 0.253 e. The molecule has 0 aromatic carbocycles. The average molecular weight is 294 g/mol. The summed E-state index contributed by atoms with van der Waals surface area (Å²) in [5.41, 5.74) is 1.80. The number of fused-ring (bicyclic) bond motifs is 1. The zero-order valence-electron chi connectivity index (χ0n) is 10.9. The number of aryl methyl sites for hydroxylation is 1. The summed E-state index contributed by atoms with van der Waals surface area (Å²) >= 11 is 0. The van der Waals surface area contributed by atoms with Crippen LogP contribution in [0.15, 0.2) is 12.3 Å². The van der Waals surface area contributed by atoms with Crippen LogP contribution < -0.4 is 5.32 Å². The van der Waals surface area contributed by atoms with Crippen molar-refractivity contribution < 1.29 is 13.2 Å². The first-order valence-electron chi connectivity index (χ1n) is 6.27. The molecule has 7 nitrogen and oxygen atoms in total. The normalized spacial score (nSPS) is 21.1. The molecule has 1 unspecified atom stereocenters. The van der Waals surface area contributed by atoms with E-state index in [0.717, 1.165) is 11.1 Å². The lowest BCUT2D eigenvalue weighted by Crippen LogP contribution is -2.35. The fourth-order valence-electron chi connectivity index (χ4n) is 2.32. The van der Waals surface area contributed by atoms with E-state index in [0.29, 0.717) is 17.6 Å². The van der Waals surface area contributed by atoms with Crippen LogP contribution in [-0.2, 0) is 9.84 Å². The SMILES string of the molecule is Cc1[nH]nc2ncc(C(=O)NC3CCS(=O)(=O)C3)cc12. The summed E-state index contributed by atoms with van der Waals surface area (Å²) in [6.45, 7) is 1.85. The van der Waals surface area contributed by atoms with Gasteiger partial charge in [0, 0.05) is 23.3 Å². The third kappa shape index (κ3) is 2.38. The minimum atomic E-state index is -3.00. The minimum Gasteiger partial charge on any atom is -0.348 e. The Morgan fingerprint density at radius 2 is 2.30 bits per heavy atom. The van der Waals surface area contributed by atoms with Crippen LogP contribution in [0.2, 0.25) is 0 Å². The van der Waals surface area contributed by atoms with Gasteiger partial charge in [-0.1, -0.05) is 0 Å². The average Bonchev–Trinajstić information content (AvgIpc) is 2.93. The highest BCUT2D eigenvalue weighted by Gasteiger charge is 2.29. The van der Waals surface area contributed by atoms with Crippen molar-refractivity contribution in [2.45, 2.75) is 19.4 Å². The molecular formula is C12H14N4O3S. The summed E-state index contributed by atoms with van der Waals surface area (Å²) in [7, 11) is -3.00. The van der Waals surface area contributed by atoms with Gasteiger partial charge in [-0.15, -0.1) is 0 Å². The number of carbonyl (C=O) groups is 1. The quantitative estimate of drug-likeness (QED) is 0.822. The molecular weight excluding hydrogens is 280 g/mol. The zero-order valence-corrected chi connectivity index (χ0v) is 11.7. The van der Waals surface area contributed by atoms with Crippen molar-refractivity contribution in [1.29, 1.82) is 0 Å². The molecule has 1 atom stereocenters. The molecule has 0 saturated carbocycles. The number of pyridine rings is 1. The Bertz CT molecular complexity index is 781. The van der Waals surface area contributed by atoms with E-state index in [1.165, 1.54) is 6.20 Å². The highest BCUT2D eigenvalue weighted by molar-refractivity contribution is 7.91. The molecule has 20 heavy (non-hydrogen) atoms. The number of aromatic nitrogens is 3. The van der Waals surface area contributed by atoms with E-state index in [2.05, 4.69) is 20.5 Å².